The largest absolute Gasteiger partial charge is 0.381 e. The summed E-state index contributed by atoms with van der Waals surface area (Å²) in [5, 5.41) is 0. The SMILES string of the molecule is CC1=CC(c2cnc(N)c(-n3cnc4cc(F)ccc43)n2)=CC2CN(C)CCC12. The van der Waals surface area contributed by atoms with Gasteiger partial charge in [-0.2, -0.15) is 0 Å². The van der Waals surface area contributed by atoms with Crippen LogP contribution < -0.4 is 5.73 Å². The number of nitrogen functional groups attached to an aromatic ring is 1. The predicted molar refractivity (Wildman–Crippen MR) is 112 cm³/mol. The Hall–Kier alpha value is -3.06. The first-order chi connectivity index (χ1) is 14.0. The molecule has 0 saturated carbocycles. The van der Waals surface area contributed by atoms with E-state index < -0.39 is 0 Å². The van der Waals surface area contributed by atoms with Crippen LogP contribution in [0.4, 0.5) is 10.2 Å². The number of nitrogens with zero attached hydrogens (tertiary/aromatic N) is 5. The molecule has 2 N–H and O–H groups in total. The van der Waals surface area contributed by atoms with Gasteiger partial charge >= 0.3 is 0 Å². The summed E-state index contributed by atoms with van der Waals surface area (Å²) in [4.78, 5) is 15.9. The lowest BCUT2D eigenvalue weighted by Gasteiger charge is -2.38. The number of piperidine rings is 1. The van der Waals surface area contributed by atoms with E-state index in [1.165, 1.54) is 24.1 Å². The summed E-state index contributed by atoms with van der Waals surface area (Å²) in [5.74, 6) is 1.57. The van der Waals surface area contributed by atoms with Crippen LogP contribution in [-0.2, 0) is 0 Å². The Labute approximate surface area is 168 Å². The summed E-state index contributed by atoms with van der Waals surface area (Å²) >= 11 is 0. The zero-order valence-corrected chi connectivity index (χ0v) is 16.5. The molecule has 29 heavy (non-hydrogen) atoms. The van der Waals surface area contributed by atoms with Crippen LogP contribution in [0.2, 0.25) is 0 Å². The summed E-state index contributed by atoms with van der Waals surface area (Å²) in [6, 6.07) is 4.48. The van der Waals surface area contributed by atoms with E-state index in [1.54, 1.807) is 23.2 Å². The molecule has 0 amide bonds. The molecule has 0 spiro atoms. The van der Waals surface area contributed by atoms with Gasteiger partial charge in [-0.05, 0) is 56.5 Å². The van der Waals surface area contributed by atoms with Gasteiger partial charge < -0.3 is 10.6 Å². The first-order valence-corrected chi connectivity index (χ1v) is 9.84. The van der Waals surface area contributed by atoms with E-state index in [4.69, 9.17) is 10.7 Å². The Morgan fingerprint density at radius 3 is 2.97 bits per heavy atom. The average Bonchev–Trinajstić information content (AvgIpc) is 3.10. The Morgan fingerprint density at radius 1 is 1.24 bits per heavy atom. The fraction of sp³-hybridized carbons (Fsp3) is 0.318. The van der Waals surface area contributed by atoms with Crippen LogP contribution in [0.5, 0.6) is 0 Å². The summed E-state index contributed by atoms with van der Waals surface area (Å²) in [5.41, 5.74) is 10.7. The molecule has 7 heteroatoms. The number of nitrogens with two attached hydrogens (primary N) is 1. The van der Waals surface area contributed by atoms with Crippen LogP contribution in [0.15, 0.2) is 48.4 Å². The van der Waals surface area contributed by atoms with E-state index in [2.05, 4.69) is 41.0 Å². The quantitative estimate of drug-likeness (QED) is 0.726. The molecule has 148 valence electrons. The predicted octanol–water partition coefficient (Wildman–Crippen LogP) is 3.45. The highest BCUT2D eigenvalue weighted by atomic mass is 19.1. The molecule has 2 aromatic heterocycles. The first-order valence-electron chi connectivity index (χ1n) is 9.84. The van der Waals surface area contributed by atoms with Crippen molar-refractivity contribution in [3.63, 3.8) is 0 Å². The second-order valence-electron chi connectivity index (χ2n) is 8.04. The Kier molecular flexibility index (Phi) is 4.20. The number of anilines is 1. The van der Waals surface area contributed by atoms with E-state index >= 15 is 0 Å². The molecule has 2 unspecified atom stereocenters. The third-order valence-corrected chi connectivity index (χ3v) is 6.04. The normalized spacial score (nSPS) is 22.3. The number of allylic oxidation sites excluding steroid dienone is 3. The molecule has 3 aromatic rings. The van der Waals surface area contributed by atoms with Crippen LogP contribution in [-0.4, -0.2) is 44.6 Å². The molecule has 5 rings (SSSR count). The molecule has 3 heterocycles. The van der Waals surface area contributed by atoms with Crippen molar-refractivity contribution in [3.05, 3.63) is 60.0 Å². The van der Waals surface area contributed by atoms with Gasteiger partial charge in [0.1, 0.15) is 12.1 Å². The van der Waals surface area contributed by atoms with Crippen LogP contribution >= 0.6 is 0 Å². The molecular formula is C22H23FN6. The lowest BCUT2D eigenvalue weighted by Crippen LogP contribution is -2.38. The number of likely N-dealkylation sites (tertiary alicyclic amines) is 1. The Balaban J connectivity index is 1.58. The van der Waals surface area contributed by atoms with Crippen LogP contribution in [0.25, 0.3) is 22.4 Å². The molecule has 1 aliphatic carbocycles. The molecule has 0 bridgehead atoms. The molecule has 0 radical (unpaired) electrons. The van der Waals surface area contributed by atoms with Crippen molar-refractivity contribution in [2.24, 2.45) is 11.8 Å². The van der Waals surface area contributed by atoms with Crippen molar-refractivity contribution in [1.82, 2.24) is 24.4 Å². The number of imidazole rings is 1. The minimum atomic E-state index is -0.324. The maximum Gasteiger partial charge on any atom is 0.182 e. The smallest absolute Gasteiger partial charge is 0.182 e. The van der Waals surface area contributed by atoms with Crippen molar-refractivity contribution < 1.29 is 4.39 Å². The highest BCUT2D eigenvalue weighted by Crippen LogP contribution is 2.37. The van der Waals surface area contributed by atoms with Gasteiger partial charge in [-0.1, -0.05) is 17.7 Å². The number of fused-ring (bicyclic) bond motifs is 2. The second-order valence-corrected chi connectivity index (χ2v) is 8.04. The maximum absolute atomic E-state index is 13.5. The molecular weight excluding hydrogens is 367 g/mol. The van der Waals surface area contributed by atoms with Gasteiger partial charge in [0.2, 0.25) is 0 Å². The highest BCUT2D eigenvalue weighted by molar-refractivity contribution is 5.79. The Morgan fingerprint density at radius 2 is 2.10 bits per heavy atom. The fourth-order valence-electron chi connectivity index (χ4n) is 4.54. The zero-order chi connectivity index (χ0) is 20.1. The van der Waals surface area contributed by atoms with Gasteiger partial charge in [0.15, 0.2) is 11.6 Å². The van der Waals surface area contributed by atoms with Crippen molar-refractivity contribution in [2.45, 2.75) is 13.3 Å². The summed E-state index contributed by atoms with van der Waals surface area (Å²) in [6.07, 6.45) is 9.05. The van der Waals surface area contributed by atoms with Crippen LogP contribution in [0, 0.1) is 17.7 Å². The Bertz CT molecular complexity index is 1160. The monoisotopic (exact) mass is 390 g/mol. The molecule has 1 aliphatic heterocycles. The minimum absolute atomic E-state index is 0.310. The van der Waals surface area contributed by atoms with Crippen molar-refractivity contribution in [1.29, 1.82) is 0 Å². The summed E-state index contributed by atoms with van der Waals surface area (Å²) < 4.78 is 15.3. The van der Waals surface area contributed by atoms with E-state index in [0.717, 1.165) is 29.9 Å². The average molecular weight is 390 g/mol. The third-order valence-electron chi connectivity index (χ3n) is 6.04. The number of hydrogen-bond acceptors (Lipinski definition) is 5. The van der Waals surface area contributed by atoms with Gasteiger partial charge in [-0.3, -0.25) is 4.57 Å². The number of benzene rings is 1. The highest BCUT2D eigenvalue weighted by Gasteiger charge is 2.30. The molecule has 1 aromatic carbocycles. The van der Waals surface area contributed by atoms with Crippen molar-refractivity contribution in [2.75, 3.05) is 25.9 Å². The number of aromatic nitrogens is 4. The van der Waals surface area contributed by atoms with Crippen LogP contribution in [0.1, 0.15) is 19.0 Å². The van der Waals surface area contributed by atoms with Gasteiger partial charge in [0.25, 0.3) is 0 Å². The lowest BCUT2D eigenvalue weighted by atomic mass is 9.76. The first kappa shape index (κ1) is 18.0. The van der Waals surface area contributed by atoms with Gasteiger partial charge in [0, 0.05) is 12.6 Å². The summed E-state index contributed by atoms with van der Waals surface area (Å²) in [6.45, 7) is 4.39. The molecule has 2 aliphatic rings. The van der Waals surface area contributed by atoms with E-state index in [-0.39, 0.29) is 5.82 Å². The topological polar surface area (TPSA) is 72.9 Å². The summed E-state index contributed by atoms with van der Waals surface area (Å²) in [7, 11) is 2.17. The molecule has 6 nitrogen and oxygen atoms in total. The maximum atomic E-state index is 13.5. The van der Waals surface area contributed by atoms with Gasteiger partial charge in [-0.15, -0.1) is 0 Å². The van der Waals surface area contributed by atoms with E-state index in [9.17, 15) is 4.39 Å². The number of rotatable bonds is 2. The van der Waals surface area contributed by atoms with Crippen molar-refractivity contribution in [3.8, 4) is 5.82 Å². The fourth-order valence-corrected chi connectivity index (χ4v) is 4.54. The third kappa shape index (κ3) is 3.11. The van der Waals surface area contributed by atoms with Crippen LogP contribution in [0.3, 0.4) is 0 Å². The zero-order valence-electron chi connectivity index (χ0n) is 16.5. The second kappa shape index (κ2) is 6.77. The minimum Gasteiger partial charge on any atom is -0.381 e. The standard InChI is InChI=1S/C22H23FN6/c1-13-7-14(8-15-11-28(2)6-5-17(13)15)19-10-25-21(24)22(27-19)29-12-26-18-9-16(23)3-4-20(18)29/h3-4,7-10,12,15,17H,5-6,11H2,1-2H3,(H2,24,25). The molecule has 1 saturated heterocycles. The molecule has 1 fully saturated rings. The van der Waals surface area contributed by atoms with E-state index in [0.29, 0.717) is 29.0 Å². The number of halogens is 1. The molecule has 2 atom stereocenters. The van der Waals surface area contributed by atoms with E-state index in [1.807, 2.05) is 0 Å². The number of hydrogen-bond donors (Lipinski definition) is 1. The van der Waals surface area contributed by atoms with Crippen molar-refractivity contribution >= 4 is 22.4 Å². The lowest BCUT2D eigenvalue weighted by molar-refractivity contribution is 0.191. The van der Waals surface area contributed by atoms with Gasteiger partial charge in [0.05, 0.1) is 22.9 Å². The van der Waals surface area contributed by atoms with Gasteiger partial charge in [-0.25, -0.2) is 19.3 Å².